The number of nitrogens with zero attached hydrogens (tertiary/aromatic N) is 3. The molecule has 1 aliphatic rings. The average molecular weight is 281 g/mol. The summed E-state index contributed by atoms with van der Waals surface area (Å²) >= 11 is 0. The van der Waals surface area contributed by atoms with Crippen molar-refractivity contribution in [1.29, 1.82) is 0 Å². The molecule has 0 amide bonds. The number of rotatable bonds is 4. The number of pyridine rings is 1. The van der Waals surface area contributed by atoms with E-state index in [9.17, 15) is 0 Å². The van der Waals surface area contributed by atoms with Crippen LogP contribution in [0.4, 0.5) is 11.4 Å². The minimum Gasteiger partial charge on any atom is -0.374 e. The van der Waals surface area contributed by atoms with Gasteiger partial charge in [-0.3, -0.25) is 4.98 Å². The standard InChI is InChI=1S/C18H23N3/c1-20(13-9-15-7-10-19-11-8-15)17-5-6-18-16(14-17)4-3-12-21(18)2/h5-8,10-11,14H,3-4,9,12-13H2,1-2H3. The van der Waals surface area contributed by atoms with Crippen LogP contribution in [0, 0.1) is 0 Å². The molecule has 1 aliphatic heterocycles. The number of aryl methyl sites for hydroxylation is 1. The molecule has 2 heterocycles. The van der Waals surface area contributed by atoms with Gasteiger partial charge < -0.3 is 9.80 Å². The Morgan fingerprint density at radius 2 is 2.00 bits per heavy atom. The maximum absolute atomic E-state index is 4.07. The van der Waals surface area contributed by atoms with Crippen molar-refractivity contribution in [3.63, 3.8) is 0 Å². The summed E-state index contributed by atoms with van der Waals surface area (Å²) in [4.78, 5) is 8.77. The SMILES string of the molecule is CN(CCc1ccncc1)c1ccc2c(c1)CCCN2C. The first kappa shape index (κ1) is 13.9. The molecular weight excluding hydrogens is 258 g/mol. The molecule has 3 nitrogen and oxygen atoms in total. The first-order valence-corrected chi connectivity index (χ1v) is 7.68. The predicted octanol–water partition coefficient (Wildman–Crippen LogP) is 3.14. The van der Waals surface area contributed by atoms with Gasteiger partial charge in [-0.25, -0.2) is 0 Å². The van der Waals surface area contributed by atoms with Crippen molar-refractivity contribution in [2.75, 3.05) is 37.0 Å². The number of aromatic nitrogens is 1. The zero-order valence-electron chi connectivity index (χ0n) is 12.9. The van der Waals surface area contributed by atoms with E-state index in [0.717, 1.165) is 13.0 Å². The van der Waals surface area contributed by atoms with Crippen molar-refractivity contribution in [2.24, 2.45) is 0 Å². The van der Waals surface area contributed by atoms with Crippen molar-refractivity contribution in [1.82, 2.24) is 4.98 Å². The molecule has 3 rings (SSSR count). The Morgan fingerprint density at radius 1 is 1.19 bits per heavy atom. The molecule has 0 aliphatic carbocycles. The lowest BCUT2D eigenvalue weighted by Gasteiger charge is -2.29. The highest BCUT2D eigenvalue weighted by atomic mass is 15.1. The fourth-order valence-corrected chi connectivity index (χ4v) is 2.98. The lowest BCUT2D eigenvalue weighted by molar-refractivity contribution is 0.743. The quantitative estimate of drug-likeness (QED) is 0.858. The summed E-state index contributed by atoms with van der Waals surface area (Å²) in [5.41, 5.74) is 5.54. The maximum Gasteiger partial charge on any atom is 0.0397 e. The molecule has 21 heavy (non-hydrogen) atoms. The molecule has 0 atom stereocenters. The Hall–Kier alpha value is -2.03. The topological polar surface area (TPSA) is 19.4 Å². The van der Waals surface area contributed by atoms with Crippen molar-refractivity contribution in [3.8, 4) is 0 Å². The minimum atomic E-state index is 1.03. The van der Waals surface area contributed by atoms with Gasteiger partial charge in [0.05, 0.1) is 0 Å². The molecule has 0 fully saturated rings. The van der Waals surface area contributed by atoms with Gasteiger partial charge in [0, 0.05) is 51.0 Å². The molecule has 110 valence electrons. The Morgan fingerprint density at radius 3 is 2.81 bits per heavy atom. The summed E-state index contributed by atoms with van der Waals surface area (Å²) in [6, 6.07) is 11.1. The van der Waals surface area contributed by atoms with Gasteiger partial charge in [-0.05, 0) is 60.7 Å². The van der Waals surface area contributed by atoms with Gasteiger partial charge in [-0.1, -0.05) is 0 Å². The van der Waals surface area contributed by atoms with Crippen LogP contribution in [0.5, 0.6) is 0 Å². The fourth-order valence-electron chi connectivity index (χ4n) is 2.98. The summed E-state index contributed by atoms with van der Waals surface area (Å²) in [5, 5.41) is 0. The fraction of sp³-hybridized carbons (Fsp3) is 0.389. The van der Waals surface area contributed by atoms with E-state index in [2.05, 4.69) is 59.2 Å². The Labute approximate surface area is 127 Å². The van der Waals surface area contributed by atoms with Crippen LogP contribution in [0.2, 0.25) is 0 Å². The van der Waals surface area contributed by atoms with Crippen LogP contribution < -0.4 is 9.80 Å². The van der Waals surface area contributed by atoms with Crippen LogP contribution in [-0.4, -0.2) is 32.2 Å². The van der Waals surface area contributed by atoms with Gasteiger partial charge >= 0.3 is 0 Å². The third-order valence-corrected chi connectivity index (χ3v) is 4.34. The Bertz CT molecular complexity index is 595. The van der Waals surface area contributed by atoms with Crippen LogP contribution in [-0.2, 0) is 12.8 Å². The molecule has 0 bridgehead atoms. The van der Waals surface area contributed by atoms with Gasteiger partial charge in [0.25, 0.3) is 0 Å². The summed E-state index contributed by atoms with van der Waals surface area (Å²) in [6.45, 7) is 2.20. The molecular formula is C18H23N3. The minimum absolute atomic E-state index is 1.03. The van der Waals surface area contributed by atoms with Gasteiger partial charge in [-0.2, -0.15) is 0 Å². The van der Waals surface area contributed by atoms with E-state index >= 15 is 0 Å². The van der Waals surface area contributed by atoms with E-state index in [0.29, 0.717) is 0 Å². The smallest absolute Gasteiger partial charge is 0.0397 e. The highest BCUT2D eigenvalue weighted by Crippen LogP contribution is 2.29. The third-order valence-electron chi connectivity index (χ3n) is 4.34. The maximum atomic E-state index is 4.07. The molecule has 2 aromatic rings. The van der Waals surface area contributed by atoms with Crippen molar-refractivity contribution in [3.05, 3.63) is 53.9 Å². The number of benzene rings is 1. The summed E-state index contributed by atoms with van der Waals surface area (Å²) < 4.78 is 0. The number of fused-ring (bicyclic) bond motifs is 1. The molecule has 0 N–H and O–H groups in total. The molecule has 3 heteroatoms. The molecule has 1 aromatic carbocycles. The first-order chi connectivity index (χ1) is 10.2. The molecule has 0 saturated heterocycles. The van der Waals surface area contributed by atoms with Crippen LogP contribution >= 0.6 is 0 Å². The predicted molar refractivity (Wildman–Crippen MR) is 89.2 cm³/mol. The zero-order chi connectivity index (χ0) is 14.7. The van der Waals surface area contributed by atoms with E-state index in [-0.39, 0.29) is 0 Å². The summed E-state index contributed by atoms with van der Waals surface area (Å²) in [7, 11) is 4.36. The normalized spacial score (nSPS) is 13.9. The van der Waals surface area contributed by atoms with E-state index < -0.39 is 0 Å². The van der Waals surface area contributed by atoms with Crippen LogP contribution in [0.15, 0.2) is 42.7 Å². The van der Waals surface area contributed by atoms with Gasteiger partial charge in [-0.15, -0.1) is 0 Å². The Kier molecular flexibility index (Phi) is 4.09. The van der Waals surface area contributed by atoms with E-state index in [1.165, 1.54) is 41.9 Å². The average Bonchev–Trinajstić information content (AvgIpc) is 2.53. The summed E-state index contributed by atoms with van der Waals surface area (Å²) in [6.07, 6.45) is 7.24. The van der Waals surface area contributed by atoms with E-state index in [1.807, 2.05) is 12.4 Å². The molecule has 0 spiro atoms. The second kappa shape index (κ2) is 6.17. The largest absolute Gasteiger partial charge is 0.374 e. The molecule has 1 aromatic heterocycles. The number of hydrogen-bond acceptors (Lipinski definition) is 3. The van der Waals surface area contributed by atoms with Crippen molar-refractivity contribution >= 4 is 11.4 Å². The van der Waals surface area contributed by atoms with Gasteiger partial charge in [0.1, 0.15) is 0 Å². The third kappa shape index (κ3) is 3.18. The van der Waals surface area contributed by atoms with Crippen LogP contribution in [0.3, 0.4) is 0 Å². The van der Waals surface area contributed by atoms with E-state index in [4.69, 9.17) is 0 Å². The van der Waals surface area contributed by atoms with Crippen molar-refractivity contribution < 1.29 is 0 Å². The lowest BCUT2D eigenvalue weighted by atomic mass is 10.0. The van der Waals surface area contributed by atoms with E-state index in [1.54, 1.807) is 0 Å². The second-order valence-electron chi connectivity index (χ2n) is 5.87. The monoisotopic (exact) mass is 281 g/mol. The number of anilines is 2. The molecule has 0 radical (unpaired) electrons. The van der Waals surface area contributed by atoms with Gasteiger partial charge in [0.15, 0.2) is 0 Å². The first-order valence-electron chi connectivity index (χ1n) is 7.68. The zero-order valence-corrected chi connectivity index (χ0v) is 12.9. The second-order valence-corrected chi connectivity index (χ2v) is 5.87. The lowest BCUT2D eigenvalue weighted by Crippen LogP contribution is -2.25. The van der Waals surface area contributed by atoms with Crippen LogP contribution in [0.25, 0.3) is 0 Å². The van der Waals surface area contributed by atoms with Gasteiger partial charge in [0.2, 0.25) is 0 Å². The Balaban J connectivity index is 1.69. The highest BCUT2D eigenvalue weighted by molar-refractivity contribution is 5.62. The number of hydrogen-bond donors (Lipinski definition) is 0. The molecule has 0 unspecified atom stereocenters. The summed E-state index contributed by atoms with van der Waals surface area (Å²) in [5.74, 6) is 0. The van der Waals surface area contributed by atoms with Crippen molar-refractivity contribution in [2.45, 2.75) is 19.3 Å². The molecule has 0 saturated carbocycles. The van der Waals surface area contributed by atoms with Crippen LogP contribution in [0.1, 0.15) is 17.5 Å². The highest BCUT2D eigenvalue weighted by Gasteiger charge is 2.14. The number of likely N-dealkylation sites (N-methyl/N-ethyl adjacent to an activating group) is 1.